The van der Waals surface area contributed by atoms with Crippen LogP contribution >= 0.6 is 0 Å². The topological polar surface area (TPSA) is 87.2 Å². The van der Waals surface area contributed by atoms with E-state index >= 15 is 0 Å². The first kappa shape index (κ1) is 20.2. The third-order valence-corrected chi connectivity index (χ3v) is 6.13. The van der Waals surface area contributed by atoms with E-state index < -0.39 is 5.97 Å². The van der Waals surface area contributed by atoms with Crippen LogP contribution in [0, 0.1) is 0 Å². The van der Waals surface area contributed by atoms with Gasteiger partial charge in [-0.3, -0.25) is 9.36 Å². The van der Waals surface area contributed by atoms with Crippen LogP contribution in [-0.2, 0) is 22.6 Å². The molecular formula is C25H22N6O3. The molecule has 0 bridgehead atoms. The lowest BCUT2D eigenvalue weighted by Gasteiger charge is -2.16. The van der Waals surface area contributed by atoms with Crippen molar-refractivity contribution >= 4 is 39.8 Å². The Kier molecular flexibility index (Phi) is 4.68. The molecule has 9 heteroatoms. The molecule has 0 saturated carbocycles. The molecule has 0 unspecified atom stereocenters. The number of ether oxygens (including phenoxy) is 1. The number of pyridine rings is 1. The van der Waals surface area contributed by atoms with Crippen LogP contribution in [0.25, 0.3) is 27.9 Å². The minimum atomic E-state index is -0.459. The largest absolute Gasteiger partial charge is 0.465 e. The van der Waals surface area contributed by atoms with Crippen LogP contribution in [-0.4, -0.2) is 42.8 Å². The van der Waals surface area contributed by atoms with Crippen LogP contribution in [0.2, 0.25) is 0 Å². The van der Waals surface area contributed by atoms with Gasteiger partial charge in [-0.1, -0.05) is 12.1 Å². The van der Waals surface area contributed by atoms with Crippen molar-refractivity contribution < 1.29 is 9.53 Å². The number of esters is 1. The van der Waals surface area contributed by atoms with Gasteiger partial charge < -0.3 is 14.2 Å². The number of anilines is 2. The lowest BCUT2D eigenvalue weighted by atomic mass is 10.2. The molecule has 34 heavy (non-hydrogen) atoms. The van der Waals surface area contributed by atoms with Crippen LogP contribution in [0.1, 0.15) is 6.92 Å². The lowest BCUT2D eigenvalue weighted by Crippen LogP contribution is -2.27. The first-order chi connectivity index (χ1) is 16.7. The molecule has 0 N–H and O–H groups in total. The molecule has 0 amide bonds. The minimum Gasteiger partial charge on any atom is -0.465 e. The number of nitrogens with zero attached hydrogens (tertiary/aromatic N) is 6. The van der Waals surface area contributed by atoms with Crippen molar-refractivity contribution in [3.05, 3.63) is 77.3 Å². The fourth-order valence-corrected chi connectivity index (χ4v) is 4.62. The lowest BCUT2D eigenvalue weighted by molar-refractivity contribution is -0.143. The maximum Gasteiger partial charge on any atom is 0.335 e. The van der Waals surface area contributed by atoms with Gasteiger partial charge in [-0.15, -0.1) is 0 Å². The van der Waals surface area contributed by atoms with E-state index in [1.807, 2.05) is 42.5 Å². The summed E-state index contributed by atoms with van der Waals surface area (Å²) in [7, 11) is 0. The van der Waals surface area contributed by atoms with E-state index in [1.54, 1.807) is 25.3 Å². The number of hydrogen-bond acceptors (Lipinski definition) is 6. The van der Waals surface area contributed by atoms with Crippen molar-refractivity contribution in [1.29, 1.82) is 0 Å². The number of para-hydroxylation sites is 2. The van der Waals surface area contributed by atoms with Gasteiger partial charge in [0.15, 0.2) is 5.65 Å². The van der Waals surface area contributed by atoms with Crippen molar-refractivity contribution in [2.24, 2.45) is 0 Å². The molecule has 4 heterocycles. The fourth-order valence-electron chi connectivity index (χ4n) is 4.62. The van der Waals surface area contributed by atoms with Gasteiger partial charge in [-0.05, 0) is 55.5 Å². The summed E-state index contributed by atoms with van der Waals surface area (Å²) in [4.78, 5) is 36.8. The molecule has 0 spiro atoms. The zero-order chi connectivity index (χ0) is 23.2. The predicted molar refractivity (Wildman–Crippen MR) is 129 cm³/mol. The zero-order valence-corrected chi connectivity index (χ0v) is 18.6. The van der Waals surface area contributed by atoms with Gasteiger partial charge in [0.1, 0.15) is 6.54 Å². The first-order valence-corrected chi connectivity index (χ1v) is 11.2. The van der Waals surface area contributed by atoms with Crippen molar-refractivity contribution in [2.75, 3.05) is 18.1 Å². The molecule has 1 aliphatic heterocycles. The number of imidazole rings is 2. The zero-order valence-electron chi connectivity index (χ0n) is 18.6. The van der Waals surface area contributed by atoms with E-state index in [4.69, 9.17) is 9.72 Å². The summed E-state index contributed by atoms with van der Waals surface area (Å²) >= 11 is 0. The van der Waals surface area contributed by atoms with Crippen molar-refractivity contribution in [1.82, 2.24) is 23.7 Å². The molecule has 9 nitrogen and oxygen atoms in total. The summed E-state index contributed by atoms with van der Waals surface area (Å²) in [5.41, 5.74) is 4.51. The maximum absolute atomic E-state index is 13.3. The predicted octanol–water partition coefficient (Wildman–Crippen LogP) is 3.25. The molecule has 3 aromatic heterocycles. The van der Waals surface area contributed by atoms with Gasteiger partial charge in [0.05, 0.1) is 28.8 Å². The average Bonchev–Trinajstić information content (AvgIpc) is 3.50. The summed E-state index contributed by atoms with van der Waals surface area (Å²) in [6.07, 6.45) is 1.63. The normalized spacial score (nSPS) is 13.0. The smallest absolute Gasteiger partial charge is 0.335 e. The number of rotatable bonds is 5. The number of aromatic nitrogens is 5. The van der Waals surface area contributed by atoms with Crippen molar-refractivity contribution in [3.63, 3.8) is 0 Å². The molecule has 0 atom stereocenters. The molecule has 170 valence electrons. The minimum absolute atomic E-state index is 0.163. The molecule has 2 aromatic carbocycles. The summed E-state index contributed by atoms with van der Waals surface area (Å²) < 4.78 is 10.2. The summed E-state index contributed by atoms with van der Waals surface area (Å²) in [5.74, 6) is 0.457. The van der Waals surface area contributed by atoms with Gasteiger partial charge in [0.2, 0.25) is 5.95 Å². The highest BCUT2D eigenvalue weighted by atomic mass is 16.5. The SMILES string of the molecule is CCOC(=O)Cn1c(=O)n(-c2ccc(N3CCn4c3nc3ccccc34)cc2)c2ncccc21. The van der Waals surface area contributed by atoms with Gasteiger partial charge in [0.25, 0.3) is 0 Å². The maximum atomic E-state index is 13.3. The third kappa shape index (κ3) is 3.08. The van der Waals surface area contributed by atoms with Crippen LogP contribution in [0.4, 0.5) is 11.6 Å². The number of carbonyl (C=O) groups is 1. The van der Waals surface area contributed by atoms with E-state index in [0.717, 1.165) is 35.8 Å². The molecule has 0 saturated heterocycles. The fraction of sp³-hybridized carbons (Fsp3) is 0.200. The monoisotopic (exact) mass is 454 g/mol. The number of carbonyl (C=O) groups excluding carboxylic acids is 1. The third-order valence-electron chi connectivity index (χ3n) is 6.13. The van der Waals surface area contributed by atoms with Gasteiger partial charge >= 0.3 is 11.7 Å². The number of benzene rings is 2. The van der Waals surface area contributed by atoms with Gasteiger partial charge in [-0.2, -0.15) is 0 Å². The highest BCUT2D eigenvalue weighted by molar-refractivity contribution is 5.81. The Morgan fingerprint density at radius 2 is 1.74 bits per heavy atom. The van der Waals surface area contributed by atoms with E-state index in [-0.39, 0.29) is 18.8 Å². The Morgan fingerprint density at radius 1 is 0.971 bits per heavy atom. The second-order valence-corrected chi connectivity index (χ2v) is 8.08. The highest BCUT2D eigenvalue weighted by Gasteiger charge is 2.25. The van der Waals surface area contributed by atoms with Crippen LogP contribution in [0.3, 0.4) is 0 Å². The van der Waals surface area contributed by atoms with Crippen LogP contribution < -0.4 is 10.6 Å². The molecule has 0 aliphatic carbocycles. The summed E-state index contributed by atoms with van der Waals surface area (Å²) in [6.45, 7) is 3.53. The molecular weight excluding hydrogens is 432 g/mol. The highest BCUT2D eigenvalue weighted by Crippen LogP contribution is 2.33. The van der Waals surface area contributed by atoms with Crippen molar-refractivity contribution in [3.8, 4) is 5.69 Å². The Bertz CT molecular complexity index is 1600. The Labute approximate surface area is 194 Å². The summed E-state index contributed by atoms with van der Waals surface area (Å²) in [5, 5.41) is 0. The molecule has 5 aromatic rings. The summed E-state index contributed by atoms with van der Waals surface area (Å²) in [6, 6.07) is 19.4. The molecule has 0 radical (unpaired) electrons. The van der Waals surface area contributed by atoms with Gasteiger partial charge in [-0.25, -0.2) is 19.3 Å². The second-order valence-electron chi connectivity index (χ2n) is 8.08. The standard InChI is InChI=1S/C25H22N6O3/c1-2-34-22(32)16-30-21-8-5-13-26-23(21)31(25(30)33)18-11-9-17(10-12-18)28-14-15-29-20-7-4-3-6-19(20)27-24(28)29/h3-13H,2,14-16H2,1H3. The number of hydrogen-bond donors (Lipinski definition) is 0. The van der Waals surface area contributed by atoms with Gasteiger partial charge in [0, 0.05) is 25.0 Å². The van der Waals surface area contributed by atoms with E-state index in [9.17, 15) is 9.59 Å². The number of fused-ring (bicyclic) bond motifs is 4. The Balaban J connectivity index is 1.38. The van der Waals surface area contributed by atoms with Crippen molar-refractivity contribution in [2.45, 2.75) is 20.0 Å². The quantitative estimate of drug-likeness (QED) is 0.379. The van der Waals surface area contributed by atoms with Crippen LogP contribution in [0.5, 0.6) is 0 Å². The molecule has 0 fully saturated rings. The van der Waals surface area contributed by atoms with Crippen LogP contribution in [0.15, 0.2) is 71.7 Å². The average molecular weight is 454 g/mol. The Morgan fingerprint density at radius 3 is 2.56 bits per heavy atom. The molecule has 1 aliphatic rings. The van der Waals surface area contributed by atoms with E-state index in [2.05, 4.69) is 20.5 Å². The van der Waals surface area contributed by atoms with E-state index in [0.29, 0.717) is 16.9 Å². The second kappa shape index (κ2) is 7.87. The first-order valence-electron chi connectivity index (χ1n) is 11.2. The van der Waals surface area contributed by atoms with E-state index in [1.165, 1.54) is 9.13 Å². The molecule has 6 rings (SSSR count). The Hall–Kier alpha value is -4.40.